The Kier molecular flexibility index (Phi) is 3.63. The Hall–Kier alpha value is -0.180. The third-order valence-corrected chi connectivity index (χ3v) is 9.33. The van der Waals surface area contributed by atoms with Gasteiger partial charge < -0.3 is 5.73 Å². The van der Waals surface area contributed by atoms with Crippen LogP contribution in [0.1, 0.15) is 25.7 Å². The molecule has 1 saturated carbocycles. The molecule has 4 unspecified atom stereocenters. The van der Waals surface area contributed by atoms with Gasteiger partial charge in [0.1, 0.15) is 0 Å². The summed E-state index contributed by atoms with van der Waals surface area (Å²) in [5.74, 6) is 0.382. The Morgan fingerprint density at radius 2 is 1.85 bits per heavy atom. The van der Waals surface area contributed by atoms with Crippen molar-refractivity contribution in [3.63, 3.8) is 0 Å². The number of sulfonamides is 1. The first-order valence-corrected chi connectivity index (χ1v) is 10.6. The molecule has 2 heterocycles. The minimum atomic E-state index is -3.49. The summed E-state index contributed by atoms with van der Waals surface area (Å²) >= 11 is 0. The smallest absolute Gasteiger partial charge is 0.218 e. The lowest BCUT2D eigenvalue weighted by molar-refractivity contribution is 0.260. The Morgan fingerprint density at radius 1 is 1.10 bits per heavy atom. The van der Waals surface area contributed by atoms with E-state index in [1.165, 1.54) is 4.31 Å². The van der Waals surface area contributed by atoms with Crippen LogP contribution >= 0.6 is 0 Å². The average molecular weight is 322 g/mol. The fourth-order valence-electron chi connectivity index (χ4n) is 3.89. The van der Waals surface area contributed by atoms with Gasteiger partial charge in [-0.1, -0.05) is 6.42 Å². The molecule has 8 heteroatoms. The first-order valence-electron chi connectivity index (χ1n) is 7.24. The van der Waals surface area contributed by atoms with E-state index >= 15 is 0 Å². The SMILES string of the molecule is NC1CCCC2CN(S(=O)(=O)C3CCS(=O)(=O)C3)CC12. The second-order valence-electron chi connectivity index (χ2n) is 6.41. The van der Waals surface area contributed by atoms with Crippen LogP contribution in [0.3, 0.4) is 0 Å². The Bertz CT molecular complexity index is 587. The summed E-state index contributed by atoms with van der Waals surface area (Å²) in [5, 5.41) is -0.746. The van der Waals surface area contributed by atoms with Crippen LogP contribution in [-0.2, 0) is 19.9 Å². The zero-order chi connectivity index (χ0) is 14.5. The maximum absolute atomic E-state index is 12.6. The van der Waals surface area contributed by atoms with E-state index in [0.29, 0.717) is 19.0 Å². The molecular weight excluding hydrogens is 300 g/mol. The van der Waals surface area contributed by atoms with Gasteiger partial charge in [-0.25, -0.2) is 21.1 Å². The largest absolute Gasteiger partial charge is 0.327 e. The van der Waals surface area contributed by atoms with Crippen molar-refractivity contribution in [2.24, 2.45) is 17.6 Å². The van der Waals surface area contributed by atoms with E-state index in [0.717, 1.165) is 19.3 Å². The van der Waals surface area contributed by atoms with Gasteiger partial charge in [-0.05, 0) is 31.1 Å². The van der Waals surface area contributed by atoms with E-state index in [-0.39, 0.29) is 29.9 Å². The molecule has 20 heavy (non-hydrogen) atoms. The Morgan fingerprint density at radius 3 is 2.45 bits per heavy atom. The maximum Gasteiger partial charge on any atom is 0.218 e. The van der Waals surface area contributed by atoms with Gasteiger partial charge in [0.25, 0.3) is 0 Å². The summed E-state index contributed by atoms with van der Waals surface area (Å²) in [6.45, 7) is 1.00. The molecule has 0 aromatic heterocycles. The summed E-state index contributed by atoms with van der Waals surface area (Å²) in [7, 11) is -6.67. The summed E-state index contributed by atoms with van der Waals surface area (Å²) in [5.41, 5.74) is 6.10. The van der Waals surface area contributed by atoms with Crippen molar-refractivity contribution >= 4 is 19.9 Å². The number of hydrogen-bond acceptors (Lipinski definition) is 5. The molecule has 116 valence electrons. The van der Waals surface area contributed by atoms with Crippen LogP contribution in [0.4, 0.5) is 0 Å². The predicted molar refractivity (Wildman–Crippen MR) is 76.4 cm³/mol. The molecule has 6 nitrogen and oxygen atoms in total. The van der Waals surface area contributed by atoms with E-state index in [4.69, 9.17) is 5.73 Å². The molecule has 3 rings (SSSR count). The van der Waals surface area contributed by atoms with Crippen LogP contribution in [-0.4, -0.2) is 57.0 Å². The van der Waals surface area contributed by atoms with Gasteiger partial charge in [0.2, 0.25) is 10.0 Å². The number of nitrogens with zero attached hydrogens (tertiary/aromatic N) is 1. The van der Waals surface area contributed by atoms with Crippen LogP contribution in [0.15, 0.2) is 0 Å². The molecule has 0 aromatic rings. The normalized spacial score (nSPS) is 41.6. The van der Waals surface area contributed by atoms with E-state index in [1.807, 2.05) is 0 Å². The topological polar surface area (TPSA) is 97.5 Å². The lowest BCUT2D eigenvalue weighted by atomic mass is 9.78. The van der Waals surface area contributed by atoms with E-state index in [1.54, 1.807) is 0 Å². The van der Waals surface area contributed by atoms with Gasteiger partial charge in [0, 0.05) is 19.1 Å². The number of fused-ring (bicyclic) bond motifs is 1. The van der Waals surface area contributed by atoms with Gasteiger partial charge in [0.05, 0.1) is 16.8 Å². The van der Waals surface area contributed by atoms with Crippen LogP contribution in [0, 0.1) is 11.8 Å². The minimum Gasteiger partial charge on any atom is -0.327 e. The molecule has 2 saturated heterocycles. The minimum absolute atomic E-state index is 0.00287. The van der Waals surface area contributed by atoms with E-state index in [2.05, 4.69) is 0 Å². The lowest BCUT2D eigenvalue weighted by Gasteiger charge is -2.29. The van der Waals surface area contributed by atoms with E-state index in [9.17, 15) is 16.8 Å². The standard InChI is InChI=1S/C12H22N2O4S2/c13-12-3-1-2-9-6-14(7-11(9)12)20(17,18)10-4-5-19(15,16)8-10/h9-12H,1-8,13H2. The van der Waals surface area contributed by atoms with Gasteiger partial charge in [-0.2, -0.15) is 0 Å². The lowest BCUT2D eigenvalue weighted by Crippen LogP contribution is -2.40. The molecule has 4 atom stereocenters. The second-order valence-corrected chi connectivity index (χ2v) is 10.8. The molecule has 0 spiro atoms. The number of nitrogens with two attached hydrogens (primary N) is 1. The summed E-state index contributed by atoms with van der Waals surface area (Å²) in [6.07, 6.45) is 3.30. The van der Waals surface area contributed by atoms with Gasteiger partial charge in [-0.3, -0.25) is 0 Å². The molecule has 2 N–H and O–H groups in total. The molecule has 0 amide bonds. The van der Waals surface area contributed by atoms with Crippen molar-refractivity contribution in [3.8, 4) is 0 Å². The molecule has 3 fully saturated rings. The first kappa shape index (κ1) is 14.7. The zero-order valence-electron chi connectivity index (χ0n) is 11.4. The highest BCUT2D eigenvalue weighted by Crippen LogP contribution is 2.38. The fraction of sp³-hybridized carbons (Fsp3) is 1.00. The maximum atomic E-state index is 12.6. The number of rotatable bonds is 2. The van der Waals surface area contributed by atoms with Crippen molar-refractivity contribution in [1.82, 2.24) is 4.31 Å². The quantitative estimate of drug-likeness (QED) is 0.743. The van der Waals surface area contributed by atoms with Gasteiger partial charge in [-0.15, -0.1) is 0 Å². The predicted octanol–water partition coefficient (Wildman–Crippen LogP) is -0.437. The molecule has 2 aliphatic heterocycles. The Balaban J connectivity index is 1.76. The van der Waals surface area contributed by atoms with Gasteiger partial charge in [0.15, 0.2) is 9.84 Å². The highest BCUT2D eigenvalue weighted by atomic mass is 32.2. The summed E-state index contributed by atoms with van der Waals surface area (Å²) in [4.78, 5) is 0. The molecule has 1 aliphatic carbocycles. The molecule has 0 aromatic carbocycles. The van der Waals surface area contributed by atoms with Crippen LogP contribution in [0.2, 0.25) is 0 Å². The molecular formula is C12H22N2O4S2. The third kappa shape index (κ3) is 2.51. The Labute approximate surface area is 120 Å². The molecule has 3 aliphatic rings. The molecule has 0 bridgehead atoms. The van der Waals surface area contributed by atoms with E-state index < -0.39 is 25.1 Å². The monoisotopic (exact) mass is 322 g/mol. The van der Waals surface area contributed by atoms with Crippen molar-refractivity contribution in [3.05, 3.63) is 0 Å². The van der Waals surface area contributed by atoms with Crippen LogP contribution in [0.25, 0.3) is 0 Å². The first-order chi connectivity index (χ1) is 9.29. The third-order valence-electron chi connectivity index (χ3n) is 5.09. The second kappa shape index (κ2) is 4.93. The van der Waals surface area contributed by atoms with Crippen LogP contribution in [0.5, 0.6) is 0 Å². The molecule has 0 radical (unpaired) electrons. The highest BCUT2D eigenvalue weighted by molar-refractivity contribution is 7.95. The zero-order valence-corrected chi connectivity index (χ0v) is 13.1. The average Bonchev–Trinajstić information content (AvgIpc) is 2.94. The van der Waals surface area contributed by atoms with Gasteiger partial charge >= 0.3 is 0 Å². The number of sulfone groups is 1. The summed E-state index contributed by atoms with van der Waals surface area (Å²) < 4.78 is 49.7. The van der Waals surface area contributed by atoms with Crippen molar-refractivity contribution in [2.75, 3.05) is 24.6 Å². The van der Waals surface area contributed by atoms with Crippen molar-refractivity contribution < 1.29 is 16.8 Å². The van der Waals surface area contributed by atoms with Crippen LogP contribution < -0.4 is 5.73 Å². The highest BCUT2D eigenvalue weighted by Gasteiger charge is 2.47. The van der Waals surface area contributed by atoms with Crippen molar-refractivity contribution in [2.45, 2.75) is 37.0 Å². The van der Waals surface area contributed by atoms with Crippen molar-refractivity contribution in [1.29, 1.82) is 0 Å². The fourth-order valence-corrected chi connectivity index (χ4v) is 8.51. The summed E-state index contributed by atoms with van der Waals surface area (Å²) in [6, 6.07) is 0.0845. The number of hydrogen-bond donors (Lipinski definition) is 1.